The van der Waals surface area contributed by atoms with Crippen molar-refractivity contribution in [3.63, 3.8) is 0 Å². The number of aromatic nitrogens is 5. The summed E-state index contributed by atoms with van der Waals surface area (Å²) in [6, 6.07) is 11.4. The van der Waals surface area contributed by atoms with Crippen LogP contribution in [0.3, 0.4) is 0 Å². The Morgan fingerprint density at radius 3 is 2.59 bits per heavy atom. The van der Waals surface area contributed by atoms with E-state index in [0.717, 1.165) is 18.7 Å². The van der Waals surface area contributed by atoms with E-state index in [4.69, 9.17) is 22.1 Å². The van der Waals surface area contributed by atoms with E-state index in [1.807, 2.05) is 13.8 Å². The Morgan fingerprint density at radius 1 is 1.21 bits per heavy atom. The molecule has 1 amide bonds. The molecule has 0 bridgehead atoms. The predicted molar refractivity (Wildman–Crippen MR) is 142 cm³/mol. The van der Waals surface area contributed by atoms with E-state index >= 15 is 0 Å². The molecule has 0 fully saturated rings. The molecule has 39 heavy (non-hydrogen) atoms. The Labute approximate surface area is 228 Å². The normalized spacial score (nSPS) is 11.7. The maximum Gasteiger partial charge on any atom is 0.292 e. The molecule has 0 aliphatic carbocycles. The maximum atomic E-state index is 14.0. The molecule has 0 atom stereocenters. The maximum absolute atomic E-state index is 14.0. The fraction of sp³-hybridized carbons (Fsp3) is 0.280. The smallest absolute Gasteiger partial charge is 0.292 e. The van der Waals surface area contributed by atoms with Gasteiger partial charge in [0, 0.05) is 12.1 Å². The van der Waals surface area contributed by atoms with Gasteiger partial charge >= 0.3 is 0 Å². The summed E-state index contributed by atoms with van der Waals surface area (Å²) in [5.41, 5.74) is 10.4. The van der Waals surface area contributed by atoms with Crippen LogP contribution in [0.15, 0.2) is 52.2 Å². The van der Waals surface area contributed by atoms with E-state index < -0.39 is 11.7 Å². The third-order valence-corrected chi connectivity index (χ3v) is 6.32. The van der Waals surface area contributed by atoms with Crippen LogP contribution in [0, 0.1) is 5.82 Å². The highest BCUT2D eigenvalue weighted by atomic mass is 35.5. The van der Waals surface area contributed by atoms with Crippen LogP contribution in [0.5, 0.6) is 5.75 Å². The number of rotatable bonds is 11. The number of nitrogens with two attached hydrogens (primary N) is 1. The average molecular weight is 556 g/mol. The molecule has 4 aromatic rings. The number of hydrogen-bond acceptors (Lipinski definition) is 10. The molecule has 0 radical (unpaired) electrons. The summed E-state index contributed by atoms with van der Waals surface area (Å²) in [7, 11) is 0. The van der Waals surface area contributed by atoms with Gasteiger partial charge in [0.15, 0.2) is 5.69 Å². The van der Waals surface area contributed by atoms with Gasteiger partial charge in [0.25, 0.3) is 5.91 Å². The Bertz CT molecular complexity index is 1450. The zero-order chi connectivity index (χ0) is 27.9. The molecule has 2 aromatic heterocycles. The zero-order valence-corrected chi connectivity index (χ0v) is 22.3. The second-order valence-corrected chi connectivity index (χ2v) is 8.79. The molecule has 0 aliphatic rings. The topological polar surface area (TPSA) is 150 Å². The molecular formula is C25H27ClFN9O3. The van der Waals surface area contributed by atoms with E-state index in [-0.39, 0.29) is 29.5 Å². The number of nitrogens with one attached hydrogen (secondary N) is 1. The van der Waals surface area contributed by atoms with Crippen molar-refractivity contribution in [3.05, 3.63) is 75.8 Å². The summed E-state index contributed by atoms with van der Waals surface area (Å²) in [4.78, 5) is 15.3. The van der Waals surface area contributed by atoms with E-state index in [0.29, 0.717) is 28.7 Å². The molecule has 2 heterocycles. The summed E-state index contributed by atoms with van der Waals surface area (Å²) < 4.78 is 25.5. The molecule has 4 rings (SSSR count). The van der Waals surface area contributed by atoms with Crippen LogP contribution in [0.2, 0.25) is 5.02 Å². The van der Waals surface area contributed by atoms with Crippen LogP contribution in [-0.4, -0.2) is 54.9 Å². The van der Waals surface area contributed by atoms with Crippen molar-refractivity contribution in [2.24, 2.45) is 5.10 Å². The average Bonchev–Trinajstić information content (AvgIpc) is 3.55. The summed E-state index contributed by atoms with van der Waals surface area (Å²) in [5, 5.41) is 20.0. The van der Waals surface area contributed by atoms with E-state index in [2.05, 4.69) is 40.7 Å². The lowest BCUT2D eigenvalue weighted by Gasteiger charge is -2.16. The minimum Gasteiger partial charge on any atom is -0.489 e. The standard InChI is InChI=1S/C25H27ClFN9O3/c1-4-35(5-2)13-21-22(36(34-30-21)24-23(28)32-39-33-24)25(37)31-29-15(3)16-9-11-17(12-10-16)38-14-18-19(26)7-6-8-20(18)27/h6-12H,4-5,13-14H2,1-3H3,(H2,28,32)(H,31,37)/b29-15-. The van der Waals surface area contributed by atoms with Crippen molar-refractivity contribution < 1.29 is 18.6 Å². The van der Waals surface area contributed by atoms with E-state index in [9.17, 15) is 9.18 Å². The van der Waals surface area contributed by atoms with Gasteiger partial charge in [-0.25, -0.2) is 14.4 Å². The zero-order valence-electron chi connectivity index (χ0n) is 21.6. The molecule has 204 valence electrons. The lowest BCUT2D eigenvalue weighted by Crippen LogP contribution is -2.27. The minimum absolute atomic E-state index is 0.0168. The van der Waals surface area contributed by atoms with E-state index in [1.165, 1.54) is 16.8 Å². The first-order valence-electron chi connectivity index (χ1n) is 12.1. The fourth-order valence-electron chi connectivity index (χ4n) is 3.66. The summed E-state index contributed by atoms with van der Waals surface area (Å²) in [6.45, 7) is 7.62. The number of carbonyl (C=O) groups excluding carboxylic acids is 1. The van der Waals surface area contributed by atoms with Crippen LogP contribution < -0.4 is 15.9 Å². The number of carbonyl (C=O) groups is 1. The minimum atomic E-state index is -0.564. The third-order valence-electron chi connectivity index (χ3n) is 5.96. The monoisotopic (exact) mass is 555 g/mol. The third kappa shape index (κ3) is 6.38. The second kappa shape index (κ2) is 12.5. The first-order chi connectivity index (χ1) is 18.8. The molecule has 0 saturated heterocycles. The molecular weight excluding hydrogens is 529 g/mol. The van der Waals surface area contributed by atoms with Gasteiger partial charge in [0.2, 0.25) is 11.6 Å². The van der Waals surface area contributed by atoms with Gasteiger partial charge in [-0.2, -0.15) is 9.78 Å². The van der Waals surface area contributed by atoms with Crippen LogP contribution in [0.1, 0.15) is 48.1 Å². The van der Waals surface area contributed by atoms with E-state index in [1.54, 1.807) is 37.3 Å². The Kier molecular flexibility index (Phi) is 8.84. The Hall–Kier alpha value is -4.36. The van der Waals surface area contributed by atoms with Crippen molar-refractivity contribution in [2.75, 3.05) is 18.8 Å². The molecule has 0 saturated carbocycles. The SMILES string of the molecule is CCN(CC)Cc1nnn(-c2nonc2N)c1C(=O)N/N=C(/C)c1ccc(OCc2c(F)cccc2Cl)cc1. The van der Waals surface area contributed by atoms with Gasteiger partial charge < -0.3 is 10.5 Å². The quantitative estimate of drug-likeness (QED) is 0.209. The number of amides is 1. The van der Waals surface area contributed by atoms with Crippen LogP contribution in [-0.2, 0) is 13.2 Å². The van der Waals surface area contributed by atoms with Crippen molar-refractivity contribution in [2.45, 2.75) is 33.9 Å². The van der Waals surface area contributed by atoms with Gasteiger partial charge in [0.1, 0.15) is 23.9 Å². The van der Waals surface area contributed by atoms with Gasteiger partial charge in [-0.1, -0.05) is 36.7 Å². The number of benzene rings is 2. The molecule has 12 nitrogen and oxygen atoms in total. The van der Waals surface area contributed by atoms with Gasteiger partial charge in [-0.05, 0) is 72.3 Å². The first kappa shape index (κ1) is 27.7. The van der Waals surface area contributed by atoms with Crippen molar-refractivity contribution in [1.29, 1.82) is 0 Å². The Morgan fingerprint density at radius 2 is 1.95 bits per heavy atom. The number of hydrogen-bond donors (Lipinski definition) is 2. The summed E-state index contributed by atoms with van der Waals surface area (Å²) in [5.74, 6) is -0.471. The second-order valence-electron chi connectivity index (χ2n) is 8.38. The summed E-state index contributed by atoms with van der Waals surface area (Å²) in [6.07, 6.45) is 0. The highest BCUT2D eigenvalue weighted by Gasteiger charge is 2.26. The van der Waals surface area contributed by atoms with Crippen molar-refractivity contribution in [3.8, 4) is 11.6 Å². The predicted octanol–water partition coefficient (Wildman–Crippen LogP) is 3.60. The van der Waals surface area contributed by atoms with Gasteiger partial charge in [0.05, 0.1) is 10.7 Å². The summed E-state index contributed by atoms with van der Waals surface area (Å²) >= 11 is 6.06. The number of ether oxygens (including phenoxy) is 1. The fourth-order valence-corrected chi connectivity index (χ4v) is 3.88. The van der Waals surface area contributed by atoms with Gasteiger partial charge in [-0.15, -0.1) is 5.10 Å². The van der Waals surface area contributed by atoms with Crippen molar-refractivity contribution in [1.82, 2.24) is 35.6 Å². The molecule has 0 aliphatic heterocycles. The van der Waals surface area contributed by atoms with Crippen molar-refractivity contribution >= 4 is 29.0 Å². The molecule has 14 heteroatoms. The molecule has 0 unspecified atom stereocenters. The lowest BCUT2D eigenvalue weighted by molar-refractivity contribution is 0.0944. The van der Waals surface area contributed by atoms with Crippen LogP contribution in [0.25, 0.3) is 5.82 Å². The number of nitrogens with zero attached hydrogens (tertiary/aromatic N) is 7. The van der Waals surface area contributed by atoms with Gasteiger partial charge in [-0.3, -0.25) is 9.69 Å². The largest absolute Gasteiger partial charge is 0.489 e. The lowest BCUT2D eigenvalue weighted by atomic mass is 10.1. The van der Waals surface area contributed by atoms with Crippen LogP contribution in [0.4, 0.5) is 10.2 Å². The number of halogens is 2. The van der Waals surface area contributed by atoms with Crippen LogP contribution >= 0.6 is 11.6 Å². The Balaban J connectivity index is 1.49. The highest BCUT2D eigenvalue weighted by molar-refractivity contribution is 6.31. The number of nitrogen functional groups attached to an aromatic ring is 1. The number of hydrazone groups is 1. The first-order valence-corrected chi connectivity index (χ1v) is 12.5. The molecule has 0 spiro atoms. The molecule has 2 aromatic carbocycles. The highest BCUT2D eigenvalue weighted by Crippen LogP contribution is 2.22. The number of anilines is 1. The molecule has 3 N–H and O–H groups in total.